The molecule has 2 N–H and O–H groups in total. The number of nitrogens with two attached hydrogens (primary N) is 1. The van der Waals surface area contributed by atoms with E-state index < -0.39 is 0 Å². The summed E-state index contributed by atoms with van der Waals surface area (Å²) in [5.41, 5.74) is 6.73. The Morgan fingerprint density at radius 3 is 2.06 bits per heavy atom. The van der Waals surface area contributed by atoms with Crippen molar-refractivity contribution in [1.29, 1.82) is 0 Å². The summed E-state index contributed by atoms with van der Waals surface area (Å²) in [6.45, 7) is 16.4. The zero-order valence-corrected chi connectivity index (χ0v) is 13.9. The maximum absolute atomic E-state index is 6.37. The summed E-state index contributed by atoms with van der Waals surface area (Å²) < 4.78 is 0. The second-order valence-corrected chi connectivity index (χ2v) is 7.52. The molecule has 0 aliphatic heterocycles. The first-order valence-corrected chi connectivity index (χ1v) is 7.96. The molecule has 0 saturated heterocycles. The highest BCUT2D eigenvalue weighted by Crippen LogP contribution is 2.37. The summed E-state index contributed by atoms with van der Waals surface area (Å²) in [6, 6.07) is 0.367. The summed E-state index contributed by atoms with van der Waals surface area (Å²) in [5.74, 6) is 2.22. The van der Waals surface area contributed by atoms with Crippen molar-refractivity contribution in [2.75, 3.05) is 0 Å². The van der Waals surface area contributed by atoms with Gasteiger partial charge in [-0.2, -0.15) is 0 Å². The molecule has 0 radical (unpaired) electrons. The number of hydrogen-bond donors (Lipinski definition) is 1. The fourth-order valence-corrected chi connectivity index (χ4v) is 3.24. The van der Waals surface area contributed by atoms with Crippen LogP contribution < -0.4 is 5.73 Å². The fraction of sp³-hybridized carbons (Fsp3) is 1.00. The Bertz CT molecular complexity index is 208. The minimum atomic E-state index is 0.363. The lowest BCUT2D eigenvalue weighted by atomic mass is 9.69. The van der Waals surface area contributed by atoms with E-state index in [4.69, 9.17) is 5.73 Å². The molecule has 110 valence electrons. The summed E-state index contributed by atoms with van der Waals surface area (Å²) in [4.78, 5) is 0. The fourth-order valence-electron chi connectivity index (χ4n) is 3.24. The van der Waals surface area contributed by atoms with E-state index in [1.54, 1.807) is 0 Å². The molecule has 0 saturated carbocycles. The van der Waals surface area contributed by atoms with Crippen LogP contribution in [0.15, 0.2) is 0 Å². The second-order valence-electron chi connectivity index (χ2n) is 7.52. The molecule has 0 aliphatic carbocycles. The molecule has 1 nitrogen and oxygen atoms in total. The van der Waals surface area contributed by atoms with E-state index in [0.29, 0.717) is 17.4 Å². The molecule has 0 aliphatic rings. The van der Waals surface area contributed by atoms with Crippen molar-refractivity contribution < 1.29 is 0 Å². The molecule has 3 atom stereocenters. The number of unbranched alkanes of at least 4 members (excludes halogenated alkanes) is 1. The Morgan fingerprint density at radius 1 is 1.06 bits per heavy atom. The maximum Gasteiger partial charge on any atom is 0.00696 e. The van der Waals surface area contributed by atoms with Crippen LogP contribution in [-0.2, 0) is 0 Å². The van der Waals surface area contributed by atoms with Gasteiger partial charge in [-0.05, 0) is 42.4 Å². The smallest absolute Gasteiger partial charge is 0.00696 e. The SMILES string of the molecule is CCCCC(N)C(C)C(C)(C)CC(C)CC(C)C. The van der Waals surface area contributed by atoms with Crippen molar-refractivity contribution in [2.24, 2.45) is 28.9 Å². The van der Waals surface area contributed by atoms with Crippen LogP contribution in [0.4, 0.5) is 0 Å². The van der Waals surface area contributed by atoms with Gasteiger partial charge in [0.1, 0.15) is 0 Å². The van der Waals surface area contributed by atoms with Gasteiger partial charge in [0, 0.05) is 6.04 Å². The Morgan fingerprint density at radius 2 is 1.61 bits per heavy atom. The van der Waals surface area contributed by atoms with E-state index in [1.807, 2.05) is 0 Å². The van der Waals surface area contributed by atoms with Gasteiger partial charge in [0.25, 0.3) is 0 Å². The maximum atomic E-state index is 6.37. The summed E-state index contributed by atoms with van der Waals surface area (Å²) >= 11 is 0. The topological polar surface area (TPSA) is 26.0 Å². The van der Waals surface area contributed by atoms with E-state index >= 15 is 0 Å². The van der Waals surface area contributed by atoms with Crippen LogP contribution in [0.25, 0.3) is 0 Å². The number of rotatable bonds is 9. The van der Waals surface area contributed by atoms with Gasteiger partial charge in [-0.3, -0.25) is 0 Å². The van der Waals surface area contributed by atoms with Crippen molar-refractivity contribution in [2.45, 2.75) is 86.6 Å². The lowest BCUT2D eigenvalue weighted by Crippen LogP contribution is -2.38. The van der Waals surface area contributed by atoms with Crippen LogP contribution in [0.5, 0.6) is 0 Å². The highest BCUT2D eigenvalue weighted by Gasteiger charge is 2.31. The van der Waals surface area contributed by atoms with E-state index in [9.17, 15) is 0 Å². The van der Waals surface area contributed by atoms with Gasteiger partial charge in [0.2, 0.25) is 0 Å². The van der Waals surface area contributed by atoms with Crippen LogP contribution >= 0.6 is 0 Å². The molecule has 18 heavy (non-hydrogen) atoms. The van der Waals surface area contributed by atoms with Crippen LogP contribution in [-0.4, -0.2) is 6.04 Å². The van der Waals surface area contributed by atoms with Gasteiger partial charge in [0.05, 0.1) is 0 Å². The van der Waals surface area contributed by atoms with Gasteiger partial charge in [-0.15, -0.1) is 0 Å². The summed E-state index contributed by atoms with van der Waals surface area (Å²) in [6.07, 6.45) is 6.33. The first-order valence-electron chi connectivity index (χ1n) is 7.96. The minimum absolute atomic E-state index is 0.363. The molecule has 3 unspecified atom stereocenters. The van der Waals surface area contributed by atoms with Gasteiger partial charge in [-0.1, -0.05) is 61.3 Å². The number of hydrogen-bond acceptors (Lipinski definition) is 1. The highest BCUT2D eigenvalue weighted by molar-refractivity contribution is 4.84. The van der Waals surface area contributed by atoms with Crippen LogP contribution in [0.1, 0.15) is 80.6 Å². The second kappa shape index (κ2) is 8.19. The van der Waals surface area contributed by atoms with Crippen molar-refractivity contribution in [3.63, 3.8) is 0 Å². The molecule has 0 amide bonds. The predicted octanol–water partition coefficient (Wildman–Crippen LogP) is 5.24. The van der Waals surface area contributed by atoms with E-state index in [-0.39, 0.29) is 0 Å². The summed E-state index contributed by atoms with van der Waals surface area (Å²) in [5, 5.41) is 0. The minimum Gasteiger partial charge on any atom is -0.327 e. The van der Waals surface area contributed by atoms with Gasteiger partial charge in [0.15, 0.2) is 0 Å². The Kier molecular flexibility index (Phi) is 8.18. The third kappa shape index (κ3) is 6.78. The highest BCUT2D eigenvalue weighted by atomic mass is 14.7. The lowest BCUT2D eigenvalue weighted by Gasteiger charge is -2.38. The van der Waals surface area contributed by atoms with E-state index in [2.05, 4.69) is 48.5 Å². The Labute approximate surface area is 116 Å². The molecule has 0 aromatic heterocycles. The quantitative estimate of drug-likeness (QED) is 0.599. The molecule has 0 heterocycles. The average molecular weight is 255 g/mol. The lowest BCUT2D eigenvalue weighted by molar-refractivity contribution is 0.142. The molecule has 0 bridgehead atoms. The van der Waals surface area contributed by atoms with E-state index in [0.717, 1.165) is 11.8 Å². The standard InChI is InChI=1S/C17H37N/c1-8-9-10-16(18)15(5)17(6,7)12-14(4)11-13(2)3/h13-16H,8-12,18H2,1-7H3. The molecule has 0 fully saturated rings. The van der Waals surface area contributed by atoms with Crippen LogP contribution in [0.2, 0.25) is 0 Å². The van der Waals surface area contributed by atoms with Crippen LogP contribution in [0, 0.1) is 23.2 Å². The molecular weight excluding hydrogens is 218 g/mol. The zero-order chi connectivity index (χ0) is 14.3. The Hall–Kier alpha value is -0.0400. The van der Waals surface area contributed by atoms with Gasteiger partial charge >= 0.3 is 0 Å². The third-order valence-corrected chi connectivity index (χ3v) is 4.51. The first-order chi connectivity index (χ1) is 8.20. The summed E-state index contributed by atoms with van der Waals surface area (Å²) in [7, 11) is 0. The normalized spacial score (nSPS) is 17.8. The molecule has 0 spiro atoms. The molecule has 0 rings (SSSR count). The van der Waals surface area contributed by atoms with Crippen molar-refractivity contribution in [3.8, 4) is 0 Å². The average Bonchev–Trinajstić information content (AvgIpc) is 2.22. The van der Waals surface area contributed by atoms with Crippen molar-refractivity contribution in [3.05, 3.63) is 0 Å². The van der Waals surface area contributed by atoms with Gasteiger partial charge in [-0.25, -0.2) is 0 Å². The van der Waals surface area contributed by atoms with Crippen LogP contribution in [0.3, 0.4) is 0 Å². The largest absolute Gasteiger partial charge is 0.327 e. The first kappa shape index (κ1) is 18.0. The van der Waals surface area contributed by atoms with Crippen molar-refractivity contribution in [1.82, 2.24) is 0 Å². The van der Waals surface area contributed by atoms with Crippen molar-refractivity contribution >= 4 is 0 Å². The molecular formula is C17H37N. The predicted molar refractivity (Wildman–Crippen MR) is 83.7 cm³/mol. The monoisotopic (exact) mass is 255 g/mol. The van der Waals surface area contributed by atoms with E-state index in [1.165, 1.54) is 32.1 Å². The third-order valence-electron chi connectivity index (χ3n) is 4.51. The Balaban J connectivity index is 4.32. The molecule has 0 aromatic rings. The zero-order valence-electron chi connectivity index (χ0n) is 13.9. The molecule has 1 heteroatoms. The van der Waals surface area contributed by atoms with Gasteiger partial charge < -0.3 is 5.73 Å². The molecule has 0 aromatic carbocycles.